The smallest absolute Gasteiger partial charge is 0.326 e. The van der Waals surface area contributed by atoms with Gasteiger partial charge in [0, 0.05) is 0 Å². The highest BCUT2D eigenvalue weighted by atomic mass is 32.2. The van der Waals surface area contributed by atoms with Gasteiger partial charge in [0.05, 0.1) is 5.69 Å². The predicted octanol–water partition coefficient (Wildman–Crippen LogP) is 2.46. The minimum Gasteiger partial charge on any atom is -0.480 e. The lowest BCUT2D eigenvalue weighted by Gasteiger charge is -2.15. The van der Waals surface area contributed by atoms with Gasteiger partial charge < -0.3 is 15.7 Å². The number of nitrogens with one attached hydrogen (secondary N) is 2. The third-order valence-corrected chi connectivity index (χ3v) is 3.23. The van der Waals surface area contributed by atoms with Crippen LogP contribution in [0.1, 0.15) is 12.0 Å². The van der Waals surface area contributed by atoms with Crippen molar-refractivity contribution < 1.29 is 19.1 Å². The monoisotopic (exact) mass is 300 g/mol. The molecule has 1 atom stereocenters. The number of aliphatic carboxylic acids is 1. The number of urea groups is 1. The zero-order valence-corrected chi connectivity index (χ0v) is 12.1. The molecule has 0 heterocycles. The lowest BCUT2D eigenvalue weighted by atomic mass is 10.2. The summed E-state index contributed by atoms with van der Waals surface area (Å²) in [5.41, 5.74) is 0.815. The van der Waals surface area contributed by atoms with Gasteiger partial charge in [-0.05, 0) is 43.0 Å². The summed E-state index contributed by atoms with van der Waals surface area (Å²) in [7, 11) is 0. The second-order valence-corrected chi connectivity index (χ2v) is 5.24. The Balaban J connectivity index is 2.65. The Hall–Kier alpha value is -1.76. The first-order valence-electron chi connectivity index (χ1n) is 5.99. The maximum Gasteiger partial charge on any atom is 0.326 e. The van der Waals surface area contributed by atoms with Gasteiger partial charge in [0.2, 0.25) is 0 Å². The first kappa shape index (κ1) is 16.3. The first-order chi connectivity index (χ1) is 9.43. The lowest BCUT2D eigenvalue weighted by Crippen LogP contribution is -2.43. The highest BCUT2D eigenvalue weighted by molar-refractivity contribution is 7.98. The van der Waals surface area contributed by atoms with E-state index in [1.165, 1.54) is 23.9 Å². The Bertz CT molecular complexity index is 497. The molecule has 7 heteroatoms. The van der Waals surface area contributed by atoms with E-state index < -0.39 is 23.9 Å². The van der Waals surface area contributed by atoms with Gasteiger partial charge in [-0.1, -0.05) is 6.07 Å². The van der Waals surface area contributed by atoms with E-state index >= 15 is 0 Å². The standard InChI is InChI=1S/C13H17FN2O3S/c1-8-3-4-9(14)11(7-8)16-13(19)15-10(12(17)18)5-6-20-2/h3-4,7,10H,5-6H2,1-2H3,(H,17,18)(H2,15,16,19)/t10-/m1/s1. The van der Waals surface area contributed by atoms with E-state index in [4.69, 9.17) is 5.11 Å². The Labute approximate surface area is 120 Å². The summed E-state index contributed by atoms with van der Waals surface area (Å²) in [5, 5.41) is 13.6. The van der Waals surface area contributed by atoms with Crippen LogP contribution >= 0.6 is 11.8 Å². The molecule has 1 rings (SSSR count). The summed E-state index contributed by atoms with van der Waals surface area (Å²) >= 11 is 1.49. The number of aryl methyl sites for hydroxylation is 1. The highest BCUT2D eigenvalue weighted by Gasteiger charge is 2.19. The number of halogens is 1. The van der Waals surface area contributed by atoms with Gasteiger partial charge >= 0.3 is 12.0 Å². The van der Waals surface area contributed by atoms with E-state index in [-0.39, 0.29) is 5.69 Å². The van der Waals surface area contributed by atoms with Crippen LogP contribution < -0.4 is 10.6 Å². The molecule has 0 aromatic heterocycles. The average molecular weight is 300 g/mol. The van der Waals surface area contributed by atoms with Crippen LogP contribution in [-0.2, 0) is 4.79 Å². The molecule has 0 radical (unpaired) electrons. The van der Waals surface area contributed by atoms with Crippen molar-refractivity contribution in [3.8, 4) is 0 Å². The number of carboxylic acids is 1. The van der Waals surface area contributed by atoms with Crippen molar-refractivity contribution in [3.05, 3.63) is 29.6 Å². The minimum atomic E-state index is -1.11. The molecule has 0 fully saturated rings. The summed E-state index contributed by atoms with van der Waals surface area (Å²) in [6.45, 7) is 1.76. The molecule has 0 aliphatic carbocycles. The second-order valence-electron chi connectivity index (χ2n) is 4.25. The Morgan fingerprint density at radius 1 is 1.45 bits per heavy atom. The number of rotatable bonds is 6. The third kappa shape index (κ3) is 5.08. The molecule has 0 aliphatic heterocycles. The van der Waals surface area contributed by atoms with Crippen LogP contribution in [-0.4, -0.2) is 35.2 Å². The Morgan fingerprint density at radius 2 is 2.15 bits per heavy atom. The maximum absolute atomic E-state index is 13.5. The fourth-order valence-electron chi connectivity index (χ4n) is 1.54. The van der Waals surface area contributed by atoms with E-state index in [0.29, 0.717) is 12.2 Å². The van der Waals surface area contributed by atoms with Crippen LogP contribution in [0.25, 0.3) is 0 Å². The first-order valence-corrected chi connectivity index (χ1v) is 7.39. The Kier molecular flexibility index (Phi) is 6.30. The highest BCUT2D eigenvalue weighted by Crippen LogP contribution is 2.15. The number of carboxylic acid groups (broad SMARTS) is 1. The summed E-state index contributed by atoms with van der Waals surface area (Å²) in [5.74, 6) is -1.07. The molecule has 1 aromatic rings. The van der Waals surface area contributed by atoms with Crippen LogP contribution in [0, 0.1) is 12.7 Å². The van der Waals surface area contributed by atoms with E-state index in [1.807, 2.05) is 6.26 Å². The number of amides is 2. The van der Waals surface area contributed by atoms with Crippen LogP contribution in [0.4, 0.5) is 14.9 Å². The van der Waals surface area contributed by atoms with Crippen LogP contribution in [0.15, 0.2) is 18.2 Å². The maximum atomic E-state index is 13.5. The van der Waals surface area contributed by atoms with Gasteiger partial charge in [-0.15, -0.1) is 0 Å². The molecule has 0 saturated carbocycles. The quantitative estimate of drug-likeness (QED) is 0.754. The van der Waals surface area contributed by atoms with Crippen molar-refractivity contribution in [2.45, 2.75) is 19.4 Å². The summed E-state index contributed by atoms with van der Waals surface area (Å²) in [4.78, 5) is 22.7. The molecule has 20 heavy (non-hydrogen) atoms. The fraction of sp³-hybridized carbons (Fsp3) is 0.385. The zero-order valence-electron chi connectivity index (χ0n) is 11.3. The molecule has 0 bridgehead atoms. The van der Waals surface area contributed by atoms with E-state index in [9.17, 15) is 14.0 Å². The van der Waals surface area contributed by atoms with Crippen molar-refractivity contribution >= 4 is 29.4 Å². The number of hydrogen-bond donors (Lipinski definition) is 3. The van der Waals surface area contributed by atoms with Crippen molar-refractivity contribution in [3.63, 3.8) is 0 Å². The van der Waals surface area contributed by atoms with Gasteiger partial charge in [0.25, 0.3) is 0 Å². The van der Waals surface area contributed by atoms with Crippen LogP contribution in [0.2, 0.25) is 0 Å². The molecule has 0 saturated heterocycles. The number of carbonyl (C=O) groups is 2. The van der Waals surface area contributed by atoms with E-state index in [0.717, 1.165) is 5.56 Å². The van der Waals surface area contributed by atoms with E-state index in [2.05, 4.69) is 10.6 Å². The summed E-state index contributed by atoms with van der Waals surface area (Å²) in [6, 6.07) is 2.58. The van der Waals surface area contributed by atoms with E-state index in [1.54, 1.807) is 13.0 Å². The third-order valence-electron chi connectivity index (χ3n) is 2.58. The zero-order chi connectivity index (χ0) is 15.1. The van der Waals surface area contributed by atoms with Gasteiger partial charge in [0.1, 0.15) is 11.9 Å². The molecule has 110 valence electrons. The number of anilines is 1. The average Bonchev–Trinajstić information content (AvgIpc) is 2.38. The predicted molar refractivity (Wildman–Crippen MR) is 77.7 cm³/mol. The van der Waals surface area contributed by atoms with Gasteiger partial charge in [0.15, 0.2) is 0 Å². The molecule has 0 unspecified atom stereocenters. The largest absolute Gasteiger partial charge is 0.480 e. The number of benzene rings is 1. The fourth-order valence-corrected chi connectivity index (χ4v) is 2.02. The number of thioether (sulfide) groups is 1. The number of carbonyl (C=O) groups excluding carboxylic acids is 1. The van der Waals surface area contributed by atoms with Gasteiger partial charge in [-0.2, -0.15) is 11.8 Å². The topological polar surface area (TPSA) is 78.4 Å². The molecule has 2 amide bonds. The molecular weight excluding hydrogens is 283 g/mol. The lowest BCUT2D eigenvalue weighted by molar-refractivity contribution is -0.139. The van der Waals surface area contributed by atoms with Crippen molar-refractivity contribution in [2.75, 3.05) is 17.3 Å². The molecule has 0 spiro atoms. The molecular formula is C13H17FN2O3S. The molecule has 0 aliphatic rings. The van der Waals surface area contributed by atoms with Gasteiger partial charge in [-0.25, -0.2) is 14.0 Å². The number of hydrogen-bond acceptors (Lipinski definition) is 3. The van der Waals surface area contributed by atoms with Gasteiger partial charge in [-0.3, -0.25) is 0 Å². The molecule has 5 nitrogen and oxygen atoms in total. The van der Waals surface area contributed by atoms with Crippen molar-refractivity contribution in [1.29, 1.82) is 0 Å². The van der Waals surface area contributed by atoms with Crippen LogP contribution in [0.5, 0.6) is 0 Å². The van der Waals surface area contributed by atoms with Crippen LogP contribution in [0.3, 0.4) is 0 Å². The second kappa shape index (κ2) is 7.74. The molecule has 3 N–H and O–H groups in total. The summed E-state index contributed by atoms with van der Waals surface area (Å²) in [6.07, 6.45) is 2.15. The summed E-state index contributed by atoms with van der Waals surface area (Å²) < 4.78 is 13.5. The van der Waals surface area contributed by atoms with Crippen molar-refractivity contribution in [2.24, 2.45) is 0 Å². The minimum absolute atomic E-state index is 0.0245. The van der Waals surface area contributed by atoms with Crippen molar-refractivity contribution in [1.82, 2.24) is 5.32 Å². The molecule has 1 aromatic carbocycles. The Morgan fingerprint density at radius 3 is 2.75 bits per heavy atom. The SMILES string of the molecule is CSCC[C@@H](NC(=O)Nc1cc(C)ccc1F)C(=O)O. The normalized spacial score (nSPS) is 11.8.